The summed E-state index contributed by atoms with van der Waals surface area (Å²) in [5, 5.41) is 20.8. The molecular formula is C22H21FN2O5. The largest absolute Gasteiger partial charge is 0.478 e. The molecule has 1 fully saturated rings. The molecule has 2 heterocycles. The van der Waals surface area contributed by atoms with Crippen molar-refractivity contribution < 1.29 is 28.7 Å². The number of rotatable bonds is 5. The summed E-state index contributed by atoms with van der Waals surface area (Å²) >= 11 is 0. The predicted molar refractivity (Wildman–Crippen MR) is 107 cm³/mol. The van der Waals surface area contributed by atoms with Crippen molar-refractivity contribution in [1.29, 1.82) is 0 Å². The minimum Gasteiger partial charge on any atom is -0.478 e. The van der Waals surface area contributed by atoms with E-state index in [4.69, 9.17) is 14.7 Å². The van der Waals surface area contributed by atoms with Crippen LogP contribution in [-0.2, 0) is 16.1 Å². The Morgan fingerprint density at radius 3 is 2.50 bits per heavy atom. The minimum absolute atomic E-state index is 0.285. The molecule has 8 heteroatoms. The number of halogens is 1. The molecule has 1 aliphatic rings. The molecule has 4 rings (SSSR count). The maximum absolute atomic E-state index is 13.2. The summed E-state index contributed by atoms with van der Waals surface area (Å²) in [5.41, 5.74) is 2.83. The van der Waals surface area contributed by atoms with Gasteiger partial charge in [-0.2, -0.15) is 0 Å². The Labute approximate surface area is 172 Å². The number of hydrogen-bond donors (Lipinski definition) is 2. The van der Waals surface area contributed by atoms with Crippen molar-refractivity contribution >= 4 is 22.9 Å². The third-order valence-electron chi connectivity index (χ3n) is 4.74. The van der Waals surface area contributed by atoms with Crippen LogP contribution in [0.2, 0.25) is 0 Å². The molecule has 0 aliphatic carbocycles. The number of benzene rings is 2. The molecule has 2 N–H and O–H groups in total. The lowest BCUT2D eigenvalue weighted by atomic mass is 10.0. The molecule has 1 aliphatic heterocycles. The maximum atomic E-state index is 13.2. The number of nitrogens with zero attached hydrogens (tertiary/aromatic N) is 2. The van der Waals surface area contributed by atoms with Gasteiger partial charge in [0, 0.05) is 42.6 Å². The SMILES string of the molecule is Fc1ccc2c(C3CCN(Cc4ccccc4)C3)noc2c1.O=C(O)/C=C/C(=O)O. The number of aromatic nitrogens is 1. The number of carbonyl (C=O) groups is 2. The van der Waals surface area contributed by atoms with E-state index in [9.17, 15) is 14.0 Å². The molecule has 0 bridgehead atoms. The van der Waals surface area contributed by atoms with Crippen molar-refractivity contribution in [3.05, 3.63) is 77.8 Å². The Morgan fingerprint density at radius 2 is 1.83 bits per heavy atom. The molecule has 3 aromatic rings. The second-order valence-corrected chi connectivity index (χ2v) is 6.92. The van der Waals surface area contributed by atoms with Gasteiger partial charge in [-0.15, -0.1) is 0 Å². The number of aliphatic carboxylic acids is 2. The fourth-order valence-electron chi connectivity index (χ4n) is 3.41. The molecule has 30 heavy (non-hydrogen) atoms. The molecule has 156 valence electrons. The average molecular weight is 412 g/mol. The van der Waals surface area contributed by atoms with Crippen molar-refractivity contribution in [3.8, 4) is 0 Å². The summed E-state index contributed by atoms with van der Waals surface area (Å²) in [4.78, 5) is 21.5. The molecule has 1 aromatic heterocycles. The van der Waals surface area contributed by atoms with E-state index in [1.807, 2.05) is 6.07 Å². The number of carboxylic acids is 2. The summed E-state index contributed by atoms with van der Waals surface area (Å²) in [6.07, 6.45) is 2.18. The van der Waals surface area contributed by atoms with Gasteiger partial charge in [0.15, 0.2) is 5.58 Å². The fraction of sp³-hybridized carbons (Fsp3) is 0.227. The van der Waals surface area contributed by atoms with Gasteiger partial charge in [-0.1, -0.05) is 35.5 Å². The van der Waals surface area contributed by atoms with Gasteiger partial charge in [0.05, 0.1) is 5.69 Å². The molecular weight excluding hydrogens is 391 g/mol. The Kier molecular flexibility index (Phi) is 6.92. The number of fused-ring (bicyclic) bond motifs is 1. The predicted octanol–water partition coefficient (Wildman–Crippen LogP) is 3.67. The molecule has 0 saturated carbocycles. The van der Waals surface area contributed by atoms with Gasteiger partial charge < -0.3 is 14.7 Å². The monoisotopic (exact) mass is 412 g/mol. The Bertz CT molecular complexity index is 1030. The number of carboxylic acid groups (broad SMARTS) is 2. The van der Waals surface area contributed by atoms with Gasteiger partial charge in [0.2, 0.25) is 0 Å². The average Bonchev–Trinajstić information content (AvgIpc) is 3.34. The first-order valence-electron chi connectivity index (χ1n) is 9.37. The van der Waals surface area contributed by atoms with Gasteiger partial charge in [0.25, 0.3) is 0 Å². The normalized spacial score (nSPS) is 16.5. The van der Waals surface area contributed by atoms with Gasteiger partial charge in [0.1, 0.15) is 5.82 Å². The highest BCUT2D eigenvalue weighted by molar-refractivity contribution is 5.89. The van der Waals surface area contributed by atoms with Crippen LogP contribution in [0, 0.1) is 5.82 Å². The lowest BCUT2D eigenvalue weighted by Gasteiger charge is -2.15. The summed E-state index contributed by atoms with van der Waals surface area (Å²) < 4.78 is 18.5. The third-order valence-corrected chi connectivity index (χ3v) is 4.74. The maximum Gasteiger partial charge on any atom is 0.328 e. The Morgan fingerprint density at radius 1 is 1.13 bits per heavy atom. The molecule has 0 spiro atoms. The topological polar surface area (TPSA) is 104 Å². The summed E-state index contributed by atoms with van der Waals surface area (Å²) in [6.45, 7) is 2.98. The first-order valence-corrected chi connectivity index (χ1v) is 9.37. The lowest BCUT2D eigenvalue weighted by molar-refractivity contribution is -0.134. The highest BCUT2D eigenvalue weighted by Crippen LogP contribution is 2.32. The highest BCUT2D eigenvalue weighted by atomic mass is 19.1. The van der Waals surface area contributed by atoms with Crippen LogP contribution in [0.25, 0.3) is 11.0 Å². The zero-order valence-corrected chi connectivity index (χ0v) is 16.1. The molecule has 1 atom stereocenters. The second kappa shape index (κ2) is 9.80. The fourth-order valence-corrected chi connectivity index (χ4v) is 3.41. The zero-order chi connectivity index (χ0) is 21.5. The van der Waals surface area contributed by atoms with Crippen LogP contribution in [0.3, 0.4) is 0 Å². The summed E-state index contributed by atoms with van der Waals surface area (Å²) in [5.74, 6) is -2.44. The molecule has 2 aromatic carbocycles. The van der Waals surface area contributed by atoms with Gasteiger partial charge in [-0.25, -0.2) is 14.0 Å². The van der Waals surface area contributed by atoms with Crippen molar-refractivity contribution in [2.75, 3.05) is 13.1 Å². The van der Waals surface area contributed by atoms with E-state index < -0.39 is 11.9 Å². The zero-order valence-electron chi connectivity index (χ0n) is 16.1. The van der Waals surface area contributed by atoms with Crippen LogP contribution in [0.15, 0.2) is 65.2 Å². The van der Waals surface area contributed by atoms with Crippen molar-refractivity contribution in [1.82, 2.24) is 10.1 Å². The van der Waals surface area contributed by atoms with E-state index in [2.05, 4.69) is 34.3 Å². The van der Waals surface area contributed by atoms with Crippen LogP contribution in [0.4, 0.5) is 4.39 Å². The van der Waals surface area contributed by atoms with Crippen LogP contribution < -0.4 is 0 Å². The van der Waals surface area contributed by atoms with E-state index in [1.54, 1.807) is 6.07 Å². The van der Waals surface area contributed by atoms with Crippen LogP contribution in [-0.4, -0.2) is 45.3 Å². The minimum atomic E-state index is -1.26. The second-order valence-electron chi connectivity index (χ2n) is 6.92. The molecule has 0 radical (unpaired) electrons. The summed E-state index contributed by atoms with van der Waals surface area (Å²) in [6, 6.07) is 15.1. The van der Waals surface area contributed by atoms with Crippen LogP contribution in [0.5, 0.6) is 0 Å². The molecule has 1 unspecified atom stereocenters. The van der Waals surface area contributed by atoms with Gasteiger partial charge >= 0.3 is 11.9 Å². The van der Waals surface area contributed by atoms with Crippen molar-refractivity contribution in [3.63, 3.8) is 0 Å². The van der Waals surface area contributed by atoms with E-state index in [1.165, 1.54) is 17.7 Å². The molecule has 7 nitrogen and oxygen atoms in total. The van der Waals surface area contributed by atoms with E-state index in [0.717, 1.165) is 37.1 Å². The van der Waals surface area contributed by atoms with E-state index in [0.29, 0.717) is 23.7 Å². The quantitative estimate of drug-likeness (QED) is 0.616. The van der Waals surface area contributed by atoms with Gasteiger partial charge in [-0.05, 0) is 30.7 Å². The number of likely N-dealkylation sites (tertiary alicyclic amines) is 1. The van der Waals surface area contributed by atoms with Crippen LogP contribution in [0.1, 0.15) is 23.6 Å². The van der Waals surface area contributed by atoms with Crippen LogP contribution >= 0.6 is 0 Å². The van der Waals surface area contributed by atoms with Crippen molar-refractivity contribution in [2.24, 2.45) is 0 Å². The highest BCUT2D eigenvalue weighted by Gasteiger charge is 2.28. The smallest absolute Gasteiger partial charge is 0.328 e. The Balaban J connectivity index is 0.000000275. The van der Waals surface area contributed by atoms with Gasteiger partial charge in [-0.3, -0.25) is 4.90 Å². The van der Waals surface area contributed by atoms with E-state index >= 15 is 0 Å². The first-order chi connectivity index (χ1) is 14.4. The molecule has 0 amide bonds. The van der Waals surface area contributed by atoms with E-state index in [-0.39, 0.29) is 5.82 Å². The first kappa shape index (κ1) is 21.2. The number of hydrogen-bond acceptors (Lipinski definition) is 5. The third kappa shape index (κ3) is 5.74. The lowest BCUT2D eigenvalue weighted by Crippen LogP contribution is -2.19. The van der Waals surface area contributed by atoms with Crippen molar-refractivity contribution in [2.45, 2.75) is 18.9 Å². The standard InChI is InChI=1S/C18H17FN2O.C4H4O4/c19-15-6-7-16-17(10-15)22-20-18(16)14-8-9-21(12-14)11-13-4-2-1-3-5-13;5-3(6)1-2-4(7)8/h1-7,10,14H,8-9,11-12H2;1-2H,(H,5,6)(H,7,8)/b;2-1+. The Hall–Kier alpha value is -3.52. The molecule has 1 saturated heterocycles. The summed E-state index contributed by atoms with van der Waals surface area (Å²) in [7, 11) is 0.